The molecule has 0 atom stereocenters. The molecule has 94 valence electrons. The minimum absolute atomic E-state index is 0.212. The van der Waals surface area contributed by atoms with Gasteiger partial charge in [0.05, 0.1) is 18.2 Å². The molecule has 0 saturated carbocycles. The third kappa shape index (κ3) is 2.31. The van der Waals surface area contributed by atoms with Crippen LogP contribution in [-0.2, 0) is 6.54 Å². The molecule has 1 aromatic heterocycles. The lowest BCUT2D eigenvalue weighted by molar-refractivity contribution is -0.00713. The lowest BCUT2D eigenvalue weighted by atomic mass is 10.2. The van der Waals surface area contributed by atoms with Gasteiger partial charge in [0.25, 0.3) is 0 Å². The van der Waals surface area contributed by atoms with Gasteiger partial charge in [-0.05, 0) is 28.1 Å². The number of aliphatic hydroxyl groups excluding tert-OH is 1. The van der Waals surface area contributed by atoms with E-state index in [4.69, 9.17) is 4.42 Å². The smallest absolute Gasteiger partial charge is 0.248 e. The summed E-state index contributed by atoms with van der Waals surface area (Å²) in [6, 6.07) is 7.72. The van der Waals surface area contributed by atoms with Crippen LogP contribution in [0.4, 0.5) is 0 Å². The third-order valence-corrected chi connectivity index (χ3v) is 3.56. The van der Waals surface area contributed by atoms with E-state index in [0.717, 1.165) is 10.0 Å². The molecule has 1 aliphatic heterocycles. The summed E-state index contributed by atoms with van der Waals surface area (Å²) in [5.74, 6) is 1.09. The van der Waals surface area contributed by atoms with E-state index < -0.39 is 0 Å². The van der Waals surface area contributed by atoms with Gasteiger partial charge in [-0.25, -0.2) is 0 Å². The molecule has 0 amide bonds. The number of halogens is 1. The maximum Gasteiger partial charge on any atom is 0.248 e. The van der Waals surface area contributed by atoms with Gasteiger partial charge in [-0.3, -0.25) is 4.90 Å². The molecule has 1 aromatic carbocycles. The summed E-state index contributed by atoms with van der Waals surface area (Å²) in [5.41, 5.74) is 0.889. The number of aliphatic hydroxyl groups is 1. The van der Waals surface area contributed by atoms with Crippen molar-refractivity contribution in [2.45, 2.75) is 12.6 Å². The van der Waals surface area contributed by atoms with Crippen LogP contribution in [0.15, 0.2) is 33.2 Å². The van der Waals surface area contributed by atoms with Gasteiger partial charge < -0.3 is 9.52 Å². The van der Waals surface area contributed by atoms with E-state index >= 15 is 0 Å². The zero-order chi connectivity index (χ0) is 12.5. The van der Waals surface area contributed by atoms with Crippen molar-refractivity contribution in [2.75, 3.05) is 13.1 Å². The molecular formula is C12H12BrN3O2. The minimum Gasteiger partial charge on any atom is -0.419 e. The van der Waals surface area contributed by atoms with Gasteiger partial charge in [0.2, 0.25) is 11.8 Å². The number of β-amino-alcohol motifs (C(OH)–C–C–N with tert-alkyl or cyclic N) is 1. The molecule has 2 aromatic rings. The molecule has 2 heterocycles. The van der Waals surface area contributed by atoms with Crippen LogP contribution in [0.2, 0.25) is 0 Å². The Morgan fingerprint density at radius 3 is 2.83 bits per heavy atom. The summed E-state index contributed by atoms with van der Waals surface area (Å²) in [7, 11) is 0. The Morgan fingerprint density at radius 2 is 2.11 bits per heavy atom. The third-order valence-electron chi connectivity index (χ3n) is 2.87. The summed E-state index contributed by atoms with van der Waals surface area (Å²) in [6.07, 6.45) is -0.212. The van der Waals surface area contributed by atoms with Crippen molar-refractivity contribution in [2.24, 2.45) is 0 Å². The number of nitrogens with zero attached hydrogens (tertiary/aromatic N) is 3. The number of rotatable bonds is 3. The SMILES string of the molecule is OC1CN(Cc2nnc(-c3ccccc3Br)o2)C1. The van der Waals surface area contributed by atoms with Crippen molar-refractivity contribution < 1.29 is 9.52 Å². The first kappa shape index (κ1) is 11.8. The van der Waals surface area contributed by atoms with Crippen molar-refractivity contribution in [1.29, 1.82) is 0 Å². The average molecular weight is 310 g/mol. The lowest BCUT2D eigenvalue weighted by Gasteiger charge is -2.34. The van der Waals surface area contributed by atoms with Crippen LogP contribution in [-0.4, -0.2) is 39.4 Å². The van der Waals surface area contributed by atoms with Crippen LogP contribution < -0.4 is 0 Å². The van der Waals surface area contributed by atoms with Crippen molar-refractivity contribution in [3.63, 3.8) is 0 Å². The fourth-order valence-corrected chi connectivity index (χ4v) is 2.38. The van der Waals surface area contributed by atoms with Crippen LogP contribution in [0.5, 0.6) is 0 Å². The normalized spacial score (nSPS) is 16.8. The predicted octanol–water partition coefficient (Wildman–Crippen LogP) is 1.68. The molecule has 0 bridgehead atoms. The fourth-order valence-electron chi connectivity index (χ4n) is 1.92. The molecule has 0 unspecified atom stereocenters. The second-order valence-corrected chi connectivity index (χ2v) is 5.18. The molecule has 5 nitrogen and oxygen atoms in total. The van der Waals surface area contributed by atoms with Crippen molar-refractivity contribution in [3.05, 3.63) is 34.6 Å². The Hall–Kier alpha value is -1.24. The Kier molecular flexibility index (Phi) is 3.15. The molecule has 0 spiro atoms. The summed E-state index contributed by atoms with van der Waals surface area (Å²) in [5, 5.41) is 17.3. The highest BCUT2D eigenvalue weighted by atomic mass is 79.9. The first-order valence-corrected chi connectivity index (χ1v) is 6.49. The largest absolute Gasteiger partial charge is 0.419 e. The van der Waals surface area contributed by atoms with Gasteiger partial charge >= 0.3 is 0 Å². The van der Waals surface area contributed by atoms with E-state index in [-0.39, 0.29) is 6.10 Å². The van der Waals surface area contributed by atoms with Crippen LogP contribution >= 0.6 is 15.9 Å². The Bertz CT molecular complexity index is 552. The molecule has 6 heteroatoms. The number of likely N-dealkylation sites (tertiary alicyclic amines) is 1. The summed E-state index contributed by atoms with van der Waals surface area (Å²) in [4.78, 5) is 2.06. The zero-order valence-corrected chi connectivity index (χ0v) is 11.2. The highest BCUT2D eigenvalue weighted by Crippen LogP contribution is 2.27. The predicted molar refractivity (Wildman–Crippen MR) is 68.7 cm³/mol. The Labute approximate surface area is 113 Å². The highest BCUT2D eigenvalue weighted by molar-refractivity contribution is 9.10. The Morgan fingerprint density at radius 1 is 1.33 bits per heavy atom. The molecule has 0 aliphatic carbocycles. The molecule has 1 N–H and O–H groups in total. The lowest BCUT2D eigenvalue weighted by Crippen LogP contribution is -2.49. The van der Waals surface area contributed by atoms with Gasteiger partial charge in [0.1, 0.15) is 0 Å². The number of hydrogen-bond acceptors (Lipinski definition) is 5. The van der Waals surface area contributed by atoms with Gasteiger partial charge in [-0.2, -0.15) is 0 Å². The van der Waals surface area contributed by atoms with Gasteiger partial charge in [-0.15, -0.1) is 10.2 Å². The van der Waals surface area contributed by atoms with Crippen LogP contribution in [0.25, 0.3) is 11.5 Å². The number of benzene rings is 1. The average Bonchev–Trinajstić information content (AvgIpc) is 2.76. The molecule has 18 heavy (non-hydrogen) atoms. The molecule has 3 rings (SSSR count). The van der Waals surface area contributed by atoms with Crippen LogP contribution in [0.3, 0.4) is 0 Å². The first-order chi connectivity index (χ1) is 8.72. The van der Waals surface area contributed by atoms with Crippen molar-refractivity contribution in [1.82, 2.24) is 15.1 Å². The van der Waals surface area contributed by atoms with Crippen LogP contribution in [0, 0.1) is 0 Å². The molecular weight excluding hydrogens is 298 g/mol. The molecule has 1 aliphatic rings. The van der Waals surface area contributed by atoms with E-state index in [1.165, 1.54) is 0 Å². The van der Waals surface area contributed by atoms with E-state index in [1.807, 2.05) is 24.3 Å². The molecule has 1 saturated heterocycles. The number of aromatic nitrogens is 2. The Balaban J connectivity index is 1.75. The minimum atomic E-state index is -0.212. The van der Waals surface area contributed by atoms with E-state index in [9.17, 15) is 5.11 Å². The van der Waals surface area contributed by atoms with Gasteiger partial charge in [0, 0.05) is 17.6 Å². The fraction of sp³-hybridized carbons (Fsp3) is 0.333. The quantitative estimate of drug-likeness (QED) is 0.934. The van der Waals surface area contributed by atoms with E-state index in [0.29, 0.717) is 31.4 Å². The second kappa shape index (κ2) is 4.79. The summed E-state index contributed by atoms with van der Waals surface area (Å²) >= 11 is 3.45. The van der Waals surface area contributed by atoms with E-state index in [1.54, 1.807) is 0 Å². The zero-order valence-electron chi connectivity index (χ0n) is 9.58. The summed E-state index contributed by atoms with van der Waals surface area (Å²) in [6.45, 7) is 1.94. The van der Waals surface area contributed by atoms with Crippen LogP contribution in [0.1, 0.15) is 5.89 Å². The van der Waals surface area contributed by atoms with Crippen molar-refractivity contribution >= 4 is 15.9 Å². The topological polar surface area (TPSA) is 62.4 Å². The molecule has 1 fully saturated rings. The maximum absolute atomic E-state index is 9.20. The van der Waals surface area contributed by atoms with Crippen molar-refractivity contribution in [3.8, 4) is 11.5 Å². The summed E-state index contributed by atoms with van der Waals surface area (Å²) < 4.78 is 6.55. The first-order valence-electron chi connectivity index (χ1n) is 5.70. The monoisotopic (exact) mass is 309 g/mol. The number of hydrogen-bond donors (Lipinski definition) is 1. The van der Waals surface area contributed by atoms with Gasteiger partial charge in [0.15, 0.2) is 0 Å². The maximum atomic E-state index is 9.20. The van der Waals surface area contributed by atoms with E-state index in [2.05, 4.69) is 31.0 Å². The molecule has 0 radical (unpaired) electrons. The standard InChI is InChI=1S/C12H12BrN3O2/c13-10-4-2-1-3-9(10)12-15-14-11(18-12)7-16-5-8(17)6-16/h1-4,8,17H,5-7H2. The second-order valence-electron chi connectivity index (χ2n) is 4.33. The highest BCUT2D eigenvalue weighted by Gasteiger charge is 2.26. The van der Waals surface area contributed by atoms with Gasteiger partial charge in [-0.1, -0.05) is 12.1 Å².